The molecule has 0 spiro atoms. The molecule has 6 rings (SSSR count). The van der Waals surface area contributed by atoms with Crippen LogP contribution in [0.3, 0.4) is 0 Å². The molecule has 2 aromatic heterocycles. The maximum atomic E-state index is 12.5. The minimum absolute atomic E-state index is 0.205. The second kappa shape index (κ2) is 10.3. The molecule has 4 heterocycles. The number of amides is 1. The number of aromatic amines is 2. The van der Waals surface area contributed by atoms with Crippen LogP contribution in [0.25, 0.3) is 21.8 Å². The lowest BCUT2D eigenvalue weighted by Gasteiger charge is -2.33. The second-order valence-corrected chi connectivity index (χ2v) is 12.5. The number of carbonyl (C=O) groups is 1. The zero-order valence-electron chi connectivity index (χ0n) is 23.6. The first-order valence-corrected chi connectivity index (χ1v) is 14.4. The lowest BCUT2D eigenvalue weighted by molar-refractivity contribution is 0.0205. The Morgan fingerprint density at radius 1 is 0.821 bits per heavy atom. The highest BCUT2D eigenvalue weighted by Crippen LogP contribution is 2.37. The molecule has 2 saturated heterocycles. The van der Waals surface area contributed by atoms with Gasteiger partial charge in [-0.1, -0.05) is 6.07 Å². The number of nitrogens with zero attached hydrogens (tertiary/aromatic N) is 2. The van der Waals surface area contributed by atoms with Gasteiger partial charge in [0.1, 0.15) is 5.60 Å². The Balaban J connectivity index is 1.15. The summed E-state index contributed by atoms with van der Waals surface area (Å²) in [4.78, 5) is 23.8. The summed E-state index contributed by atoms with van der Waals surface area (Å²) in [5, 5.41) is 6.23. The second-order valence-electron chi connectivity index (χ2n) is 12.5. The number of nitrogens with one attached hydrogen (secondary N) is 3. The summed E-state index contributed by atoms with van der Waals surface area (Å²) in [6.07, 6.45) is 8.49. The number of fused-ring (bicyclic) bond motifs is 2. The van der Waals surface area contributed by atoms with Crippen LogP contribution in [0.5, 0.6) is 0 Å². The Hall–Kier alpha value is -3.45. The molecule has 0 saturated carbocycles. The van der Waals surface area contributed by atoms with E-state index in [1.165, 1.54) is 53.3 Å². The fraction of sp³-hybridized carbons (Fsp3) is 0.469. The molecule has 0 radical (unpaired) electrons. The van der Waals surface area contributed by atoms with Crippen LogP contribution < -0.4 is 5.32 Å². The molecular formula is C32H41N5O2. The van der Waals surface area contributed by atoms with Crippen LogP contribution >= 0.6 is 0 Å². The normalized spacial score (nSPS) is 18.2. The molecule has 0 unspecified atom stereocenters. The van der Waals surface area contributed by atoms with Crippen LogP contribution in [0.2, 0.25) is 0 Å². The molecule has 206 valence electrons. The van der Waals surface area contributed by atoms with E-state index in [1.807, 2.05) is 25.7 Å². The van der Waals surface area contributed by atoms with Crippen molar-refractivity contribution in [2.75, 3.05) is 38.5 Å². The predicted octanol–water partition coefficient (Wildman–Crippen LogP) is 7.32. The maximum Gasteiger partial charge on any atom is 0.410 e. The number of benzene rings is 2. The van der Waals surface area contributed by atoms with E-state index < -0.39 is 5.60 Å². The van der Waals surface area contributed by atoms with Gasteiger partial charge in [0.2, 0.25) is 0 Å². The lowest BCUT2D eigenvalue weighted by atomic mass is 9.89. The molecule has 0 bridgehead atoms. The average Bonchev–Trinajstić information content (AvgIpc) is 3.52. The van der Waals surface area contributed by atoms with Gasteiger partial charge < -0.3 is 29.8 Å². The van der Waals surface area contributed by atoms with Crippen LogP contribution in [0.15, 0.2) is 48.8 Å². The van der Waals surface area contributed by atoms with E-state index in [0.717, 1.165) is 42.8 Å². The number of hydrogen-bond donors (Lipinski definition) is 3. The first-order chi connectivity index (χ1) is 18.7. The number of carbonyl (C=O) groups excluding carboxylic acids is 1. The molecule has 2 aliphatic heterocycles. The third kappa shape index (κ3) is 5.50. The smallest absolute Gasteiger partial charge is 0.410 e. The summed E-state index contributed by atoms with van der Waals surface area (Å²) in [6.45, 7) is 9.53. The first-order valence-electron chi connectivity index (χ1n) is 14.4. The number of hydrogen-bond acceptors (Lipinski definition) is 4. The molecule has 0 aliphatic carbocycles. The lowest BCUT2D eigenvalue weighted by Crippen LogP contribution is -2.41. The molecule has 39 heavy (non-hydrogen) atoms. The summed E-state index contributed by atoms with van der Waals surface area (Å²) in [5.41, 5.74) is 6.83. The Bertz CT molecular complexity index is 1460. The molecular weight excluding hydrogens is 486 g/mol. The number of ether oxygens (including phenoxy) is 1. The molecule has 2 aromatic carbocycles. The molecule has 7 heteroatoms. The highest BCUT2D eigenvalue weighted by molar-refractivity contribution is 5.90. The topological polar surface area (TPSA) is 76.4 Å². The Morgan fingerprint density at radius 3 is 2.10 bits per heavy atom. The highest BCUT2D eigenvalue weighted by atomic mass is 16.6. The molecule has 2 fully saturated rings. The van der Waals surface area contributed by atoms with Gasteiger partial charge >= 0.3 is 6.09 Å². The van der Waals surface area contributed by atoms with E-state index in [-0.39, 0.29) is 6.09 Å². The molecule has 2 aliphatic rings. The number of likely N-dealkylation sites (tertiary alicyclic amines) is 2. The van der Waals surface area contributed by atoms with Gasteiger partial charge in [0.25, 0.3) is 0 Å². The van der Waals surface area contributed by atoms with Crippen molar-refractivity contribution in [2.24, 2.45) is 0 Å². The minimum Gasteiger partial charge on any atom is -0.444 e. The highest BCUT2D eigenvalue weighted by Gasteiger charge is 2.28. The minimum atomic E-state index is -0.464. The summed E-state index contributed by atoms with van der Waals surface area (Å²) in [7, 11) is 2.21. The molecule has 0 atom stereocenters. The number of rotatable bonds is 4. The van der Waals surface area contributed by atoms with Crippen molar-refractivity contribution in [3.63, 3.8) is 0 Å². The summed E-state index contributed by atoms with van der Waals surface area (Å²) in [6, 6.07) is 13.2. The fourth-order valence-corrected chi connectivity index (χ4v) is 6.31. The molecule has 7 nitrogen and oxygen atoms in total. The van der Waals surface area contributed by atoms with E-state index in [4.69, 9.17) is 4.74 Å². The fourth-order valence-electron chi connectivity index (χ4n) is 6.31. The largest absolute Gasteiger partial charge is 0.444 e. The SMILES string of the molecule is CN1CCC(c2c[nH]c3cc(Nc4ccc5[nH]cc(C6CCN(C(=O)OC(C)(C)C)CC6)c5c4)ccc23)CC1. The van der Waals surface area contributed by atoms with Crippen LogP contribution in [-0.4, -0.2) is 64.7 Å². The molecule has 1 amide bonds. The zero-order chi connectivity index (χ0) is 27.1. The summed E-state index contributed by atoms with van der Waals surface area (Å²) in [5.74, 6) is 1.06. The van der Waals surface area contributed by atoms with Crippen molar-refractivity contribution in [2.45, 2.75) is 63.9 Å². The van der Waals surface area contributed by atoms with Crippen molar-refractivity contribution in [3.8, 4) is 0 Å². The third-order valence-corrected chi connectivity index (χ3v) is 8.46. The number of piperidine rings is 2. The van der Waals surface area contributed by atoms with Gasteiger partial charge in [-0.25, -0.2) is 4.79 Å². The third-order valence-electron chi connectivity index (χ3n) is 8.46. The quantitative estimate of drug-likeness (QED) is 0.260. The van der Waals surface area contributed by atoms with Gasteiger partial charge in [0.15, 0.2) is 0 Å². The van der Waals surface area contributed by atoms with Gasteiger partial charge in [0.05, 0.1) is 0 Å². The first kappa shape index (κ1) is 25.8. The average molecular weight is 528 g/mol. The Labute approximate surface area is 230 Å². The number of H-pyrrole nitrogens is 2. The van der Waals surface area contributed by atoms with Crippen molar-refractivity contribution in [1.29, 1.82) is 0 Å². The van der Waals surface area contributed by atoms with Crippen molar-refractivity contribution in [3.05, 3.63) is 59.9 Å². The zero-order valence-corrected chi connectivity index (χ0v) is 23.6. The van der Waals surface area contributed by atoms with E-state index in [2.05, 4.69) is 76.0 Å². The number of aromatic nitrogens is 2. The van der Waals surface area contributed by atoms with Crippen molar-refractivity contribution < 1.29 is 9.53 Å². The van der Waals surface area contributed by atoms with Crippen molar-refractivity contribution >= 4 is 39.3 Å². The van der Waals surface area contributed by atoms with Gasteiger partial charge in [-0.2, -0.15) is 0 Å². The maximum absolute atomic E-state index is 12.5. The van der Waals surface area contributed by atoms with Gasteiger partial charge in [-0.05, 0) is 120 Å². The molecule has 3 N–H and O–H groups in total. The predicted molar refractivity (Wildman–Crippen MR) is 159 cm³/mol. The monoisotopic (exact) mass is 527 g/mol. The number of anilines is 2. The molecule has 4 aromatic rings. The van der Waals surface area contributed by atoms with E-state index >= 15 is 0 Å². The Kier molecular flexibility index (Phi) is 6.79. The van der Waals surface area contributed by atoms with Crippen LogP contribution in [0, 0.1) is 0 Å². The van der Waals surface area contributed by atoms with Crippen LogP contribution in [-0.2, 0) is 4.74 Å². The van der Waals surface area contributed by atoms with E-state index in [1.54, 1.807) is 0 Å². The van der Waals surface area contributed by atoms with Crippen LogP contribution in [0.1, 0.15) is 69.4 Å². The van der Waals surface area contributed by atoms with Crippen molar-refractivity contribution in [1.82, 2.24) is 19.8 Å². The van der Waals surface area contributed by atoms with Gasteiger partial charge in [0, 0.05) is 58.7 Å². The van der Waals surface area contributed by atoms with Crippen LogP contribution in [0.4, 0.5) is 16.2 Å². The van der Waals surface area contributed by atoms with E-state index in [0.29, 0.717) is 11.8 Å². The summed E-state index contributed by atoms with van der Waals surface area (Å²) < 4.78 is 5.58. The standard InChI is InChI=1S/C32H41N5O2/c1-32(2,3)39-31(38)37-15-11-22(12-16-37)28-20-33-29-8-6-23(17-26(28)29)35-24-5-7-25-27(19-34-30(25)18-24)21-9-13-36(4)14-10-21/h5-8,17-22,33-35H,9-16H2,1-4H3. The van der Waals surface area contributed by atoms with Gasteiger partial charge in [-0.3, -0.25) is 0 Å². The van der Waals surface area contributed by atoms with Gasteiger partial charge in [-0.15, -0.1) is 0 Å². The summed E-state index contributed by atoms with van der Waals surface area (Å²) >= 11 is 0. The Morgan fingerprint density at radius 2 is 1.41 bits per heavy atom. The van der Waals surface area contributed by atoms with E-state index in [9.17, 15) is 4.79 Å².